The van der Waals surface area contributed by atoms with Gasteiger partial charge in [0.25, 0.3) is 11.8 Å². The number of carbonyl (C=O) groups excluding carboxylic acids is 3. The van der Waals surface area contributed by atoms with Crippen LogP contribution in [0.1, 0.15) is 44.1 Å². The molecule has 0 aliphatic carbocycles. The highest BCUT2D eigenvalue weighted by Crippen LogP contribution is 2.26. The number of hydrogen-bond donors (Lipinski definition) is 1. The van der Waals surface area contributed by atoms with Gasteiger partial charge in [0.1, 0.15) is 0 Å². The minimum atomic E-state index is -0.363. The summed E-state index contributed by atoms with van der Waals surface area (Å²) in [5.41, 5.74) is 5.66. The van der Waals surface area contributed by atoms with Crippen molar-refractivity contribution in [1.29, 1.82) is 0 Å². The van der Waals surface area contributed by atoms with Crippen molar-refractivity contribution in [2.24, 2.45) is 0 Å². The Morgan fingerprint density at radius 2 is 1.78 bits per heavy atom. The first-order valence-electron chi connectivity index (χ1n) is 10.3. The zero-order chi connectivity index (χ0) is 22.6. The van der Waals surface area contributed by atoms with Gasteiger partial charge in [-0.05, 0) is 56.2 Å². The van der Waals surface area contributed by atoms with E-state index in [-0.39, 0.29) is 24.1 Å². The Hall–Kier alpha value is -4.07. The average molecular weight is 427 g/mol. The maximum absolute atomic E-state index is 12.6. The predicted molar refractivity (Wildman–Crippen MR) is 120 cm³/mol. The number of nitrogens with one attached hydrogen (secondary N) is 1. The molecule has 0 saturated heterocycles. The topological polar surface area (TPSA) is 96.7 Å². The molecule has 1 aliphatic rings. The summed E-state index contributed by atoms with van der Waals surface area (Å²) in [4.78, 5) is 42.6. The average Bonchev–Trinajstić information content (AvgIpc) is 3.25. The smallest absolute Gasteiger partial charge is 0.261 e. The lowest BCUT2D eigenvalue weighted by Gasteiger charge is -2.11. The molecule has 0 radical (unpaired) electrons. The predicted octanol–water partition coefficient (Wildman–Crippen LogP) is 3.30. The molecular formula is C24H21N5O3. The third-order valence-corrected chi connectivity index (χ3v) is 5.99. The molecule has 3 heterocycles. The van der Waals surface area contributed by atoms with E-state index < -0.39 is 0 Å². The van der Waals surface area contributed by atoms with Gasteiger partial charge in [0.05, 0.1) is 16.6 Å². The summed E-state index contributed by atoms with van der Waals surface area (Å²) in [6, 6.07) is 12.6. The van der Waals surface area contributed by atoms with Crippen LogP contribution in [-0.4, -0.2) is 44.3 Å². The van der Waals surface area contributed by atoms with Gasteiger partial charge in [-0.1, -0.05) is 12.1 Å². The van der Waals surface area contributed by atoms with Crippen LogP contribution in [0.3, 0.4) is 0 Å². The summed E-state index contributed by atoms with van der Waals surface area (Å²) in [6.07, 6.45) is 0.757. The van der Waals surface area contributed by atoms with Crippen LogP contribution in [0.5, 0.6) is 0 Å². The lowest BCUT2D eigenvalue weighted by molar-refractivity contribution is -0.116. The zero-order valence-corrected chi connectivity index (χ0v) is 18.0. The van der Waals surface area contributed by atoms with Crippen LogP contribution in [0.4, 0.5) is 5.69 Å². The third kappa shape index (κ3) is 3.03. The molecule has 0 atom stereocenters. The van der Waals surface area contributed by atoms with E-state index in [4.69, 9.17) is 4.98 Å². The van der Waals surface area contributed by atoms with Gasteiger partial charge in [-0.2, -0.15) is 5.10 Å². The summed E-state index contributed by atoms with van der Waals surface area (Å²) < 4.78 is 1.84. The molecule has 8 nitrogen and oxygen atoms in total. The number of imide groups is 1. The monoisotopic (exact) mass is 427 g/mol. The Labute approximate surface area is 183 Å². The highest BCUT2D eigenvalue weighted by molar-refractivity contribution is 6.21. The standard InChI is InChI=1S/C24H21N5O3/c1-13-16(14(2)29-22(25-13)18-6-4-5-7-20(18)27-29)10-11-21(30)26-15-8-9-17-19(12-15)24(32)28(3)23(17)31/h4-9,12H,10-11H2,1-3H3,(H,26,30). The number of hydrogen-bond acceptors (Lipinski definition) is 5. The van der Waals surface area contributed by atoms with E-state index in [1.54, 1.807) is 18.2 Å². The number of aryl methyl sites for hydroxylation is 2. The van der Waals surface area contributed by atoms with Crippen molar-refractivity contribution < 1.29 is 14.4 Å². The zero-order valence-electron chi connectivity index (χ0n) is 18.0. The summed E-state index contributed by atoms with van der Waals surface area (Å²) in [7, 11) is 1.45. The van der Waals surface area contributed by atoms with Gasteiger partial charge < -0.3 is 5.32 Å². The van der Waals surface area contributed by atoms with Crippen LogP contribution in [0.25, 0.3) is 16.6 Å². The quantitative estimate of drug-likeness (QED) is 0.504. The Morgan fingerprint density at radius 3 is 2.59 bits per heavy atom. The Morgan fingerprint density at radius 1 is 1.03 bits per heavy atom. The number of rotatable bonds is 4. The van der Waals surface area contributed by atoms with Crippen molar-refractivity contribution in [2.45, 2.75) is 26.7 Å². The van der Waals surface area contributed by atoms with E-state index in [0.29, 0.717) is 23.2 Å². The highest BCUT2D eigenvalue weighted by atomic mass is 16.2. The second-order valence-electron chi connectivity index (χ2n) is 7.99. The molecule has 8 heteroatoms. The SMILES string of the molecule is Cc1nc2c3ccccc3nn2c(C)c1CCC(=O)Nc1ccc2c(c1)C(=O)N(C)C2=O. The molecule has 0 unspecified atom stereocenters. The molecule has 0 spiro atoms. The number of aromatic nitrogens is 3. The van der Waals surface area contributed by atoms with Crippen LogP contribution in [0, 0.1) is 13.8 Å². The van der Waals surface area contributed by atoms with Crippen molar-refractivity contribution in [3.8, 4) is 0 Å². The minimum absolute atomic E-state index is 0.181. The van der Waals surface area contributed by atoms with E-state index in [9.17, 15) is 14.4 Å². The maximum atomic E-state index is 12.6. The molecule has 3 amide bonds. The number of amides is 3. The molecular weight excluding hydrogens is 406 g/mol. The Balaban J connectivity index is 1.35. The van der Waals surface area contributed by atoms with Gasteiger partial charge in [-0.3, -0.25) is 19.3 Å². The largest absolute Gasteiger partial charge is 0.326 e. The lowest BCUT2D eigenvalue weighted by atomic mass is 10.1. The summed E-state index contributed by atoms with van der Waals surface area (Å²) in [6.45, 7) is 3.93. The number of carbonyl (C=O) groups is 3. The first-order valence-corrected chi connectivity index (χ1v) is 10.3. The van der Waals surface area contributed by atoms with Gasteiger partial charge in [0, 0.05) is 35.9 Å². The molecule has 5 rings (SSSR count). The van der Waals surface area contributed by atoms with Crippen LogP contribution in [0.2, 0.25) is 0 Å². The van der Waals surface area contributed by atoms with Gasteiger partial charge in [0.15, 0.2) is 5.65 Å². The number of anilines is 1. The van der Waals surface area contributed by atoms with Crippen molar-refractivity contribution in [2.75, 3.05) is 12.4 Å². The lowest BCUT2D eigenvalue weighted by Crippen LogP contribution is -2.24. The highest BCUT2D eigenvalue weighted by Gasteiger charge is 2.32. The van der Waals surface area contributed by atoms with Crippen molar-refractivity contribution in [1.82, 2.24) is 19.5 Å². The maximum Gasteiger partial charge on any atom is 0.261 e. The van der Waals surface area contributed by atoms with E-state index >= 15 is 0 Å². The second kappa shape index (κ2) is 7.26. The summed E-state index contributed by atoms with van der Waals surface area (Å²) >= 11 is 0. The molecule has 32 heavy (non-hydrogen) atoms. The normalized spacial score (nSPS) is 13.3. The fourth-order valence-corrected chi connectivity index (χ4v) is 4.24. The van der Waals surface area contributed by atoms with Gasteiger partial charge >= 0.3 is 0 Å². The van der Waals surface area contributed by atoms with Crippen molar-refractivity contribution >= 4 is 40.0 Å². The van der Waals surface area contributed by atoms with E-state index in [2.05, 4.69) is 10.4 Å². The molecule has 1 N–H and O–H groups in total. The van der Waals surface area contributed by atoms with Gasteiger partial charge in [-0.25, -0.2) is 9.50 Å². The molecule has 0 fully saturated rings. The third-order valence-electron chi connectivity index (χ3n) is 5.99. The fourth-order valence-electron chi connectivity index (χ4n) is 4.24. The summed E-state index contributed by atoms with van der Waals surface area (Å²) in [5.74, 6) is -0.874. The number of fused-ring (bicyclic) bond motifs is 4. The first kappa shape index (κ1) is 19.9. The van der Waals surface area contributed by atoms with E-state index in [0.717, 1.165) is 38.4 Å². The molecule has 2 aromatic carbocycles. The van der Waals surface area contributed by atoms with E-state index in [1.807, 2.05) is 42.6 Å². The van der Waals surface area contributed by atoms with Crippen LogP contribution in [-0.2, 0) is 11.2 Å². The van der Waals surface area contributed by atoms with Gasteiger partial charge in [-0.15, -0.1) is 0 Å². The molecule has 1 aliphatic heterocycles. The molecule has 4 aromatic rings. The van der Waals surface area contributed by atoms with Crippen molar-refractivity contribution in [3.05, 3.63) is 70.5 Å². The van der Waals surface area contributed by atoms with Gasteiger partial charge in [0.2, 0.25) is 5.91 Å². The summed E-state index contributed by atoms with van der Waals surface area (Å²) in [5, 5.41) is 8.48. The number of nitrogens with zero attached hydrogens (tertiary/aromatic N) is 4. The first-order chi connectivity index (χ1) is 15.3. The molecule has 0 saturated carbocycles. The van der Waals surface area contributed by atoms with Crippen LogP contribution >= 0.6 is 0 Å². The molecule has 160 valence electrons. The molecule has 2 aromatic heterocycles. The van der Waals surface area contributed by atoms with Crippen LogP contribution < -0.4 is 5.32 Å². The minimum Gasteiger partial charge on any atom is -0.326 e. The van der Waals surface area contributed by atoms with Crippen molar-refractivity contribution in [3.63, 3.8) is 0 Å². The Kier molecular flexibility index (Phi) is 4.51. The van der Waals surface area contributed by atoms with Crippen LogP contribution in [0.15, 0.2) is 42.5 Å². The molecule has 0 bridgehead atoms. The second-order valence-corrected chi connectivity index (χ2v) is 7.99. The Bertz CT molecular complexity index is 1450. The van der Waals surface area contributed by atoms with E-state index in [1.165, 1.54) is 7.05 Å². The number of benzene rings is 2. The fraction of sp³-hybridized carbons (Fsp3) is 0.208.